The van der Waals surface area contributed by atoms with Crippen LogP contribution in [0.25, 0.3) is 0 Å². The summed E-state index contributed by atoms with van der Waals surface area (Å²) in [6.07, 6.45) is 4.40. The van der Waals surface area contributed by atoms with Crippen LogP contribution in [0.2, 0.25) is 0 Å². The van der Waals surface area contributed by atoms with Crippen molar-refractivity contribution in [2.75, 3.05) is 15.8 Å². The van der Waals surface area contributed by atoms with Crippen molar-refractivity contribution in [2.45, 2.75) is 55.1 Å². The molecule has 168 valence electrons. The molecule has 0 unspecified atom stereocenters. The van der Waals surface area contributed by atoms with E-state index in [0.717, 1.165) is 22.7 Å². The molecule has 2 N–H and O–H groups in total. The van der Waals surface area contributed by atoms with Gasteiger partial charge in [0, 0.05) is 6.07 Å². The lowest BCUT2D eigenvalue weighted by atomic mass is 9.84. The molecule has 1 saturated carbocycles. The standard InChI is InChI=1S/C22H27NO6S2/c24-19-8-4-7-18(13-19)23(21-14-30(26,27)15-22(21)25)31(28,29)20-11-9-17(10-12-20)16-5-2-1-3-6-16/h4,7-13,16,21-22,24-25H,1-3,5-6,14-15H2/t21-,22-/m1/s1. The second-order valence-electron chi connectivity index (χ2n) is 8.44. The van der Waals surface area contributed by atoms with Gasteiger partial charge in [0.05, 0.1) is 34.2 Å². The van der Waals surface area contributed by atoms with Crippen LogP contribution in [0, 0.1) is 0 Å². The molecular formula is C22H27NO6S2. The number of aromatic hydroxyl groups is 1. The Morgan fingerprint density at radius 3 is 2.19 bits per heavy atom. The monoisotopic (exact) mass is 465 g/mol. The summed E-state index contributed by atoms with van der Waals surface area (Å²) in [6, 6.07) is 11.2. The van der Waals surface area contributed by atoms with Crippen molar-refractivity contribution in [2.24, 2.45) is 0 Å². The highest BCUT2D eigenvalue weighted by molar-refractivity contribution is 7.93. The number of phenolic OH excluding ortho intramolecular Hbond substituents is 1. The lowest BCUT2D eigenvalue weighted by Gasteiger charge is -2.31. The number of aliphatic hydroxyl groups is 1. The lowest BCUT2D eigenvalue weighted by molar-refractivity contribution is 0.184. The molecule has 2 atom stereocenters. The van der Waals surface area contributed by atoms with Crippen molar-refractivity contribution in [1.82, 2.24) is 0 Å². The third-order valence-corrected chi connectivity index (χ3v) is 9.76. The van der Waals surface area contributed by atoms with Gasteiger partial charge >= 0.3 is 0 Å². The molecule has 1 heterocycles. The van der Waals surface area contributed by atoms with Crippen molar-refractivity contribution in [1.29, 1.82) is 0 Å². The van der Waals surface area contributed by atoms with Crippen molar-refractivity contribution >= 4 is 25.5 Å². The van der Waals surface area contributed by atoms with E-state index in [9.17, 15) is 27.0 Å². The molecular weight excluding hydrogens is 438 g/mol. The van der Waals surface area contributed by atoms with Gasteiger partial charge in [-0.05, 0) is 48.6 Å². The fourth-order valence-corrected chi connectivity index (χ4v) is 8.17. The predicted molar refractivity (Wildman–Crippen MR) is 118 cm³/mol. The van der Waals surface area contributed by atoms with Crippen molar-refractivity contribution in [3.63, 3.8) is 0 Å². The second-order valence-corrected chi connectivity index (χ2v) is 12.4. The fourth-order valence-electron chi connectivity index (χ4n) is 4.63. The van der Waals surface area contributed by atoms with Crippen molar-refractivity contribution < 1.29 is 27.0 Å². The Balaban J connectivity index is 1.73. The van der Waals surface area contributed by atoms with Crippen LogP contribution in [0.15, 0.2) is 53.4 Å². The number of hydrogen-bond donors (Lipinski definition) is 2. The van der Waals surface area contributed by atoms with Crippen LogP contribution in [0.1, 0.15) is 43.6 Å². The largest absolute Gasteiger partial charge is 0.508 e. The Bertz CT molecular complexity index is 1140. The van der Waals surface area contributed by atoms with Crippen molar-refractivity contribution in [3.8, 4) is 5.75 Å². The Morgan fingerprint density at radius 1 is 0.935 bits per heavy atom. The third-order valence-electron chi connectivity index (χ3n) is 6.19. The van der Waals surface area contributed by atoms with E-state index in [4.69, 9.17) is 0 Å². The highest BCUT2D eigenvalue weighted by Crippen LogP contribution is 2.35. The van der Waals surface area contributed by atoms with Crippen LogP contribution in [-0.4, -0.2) is 50.7 Å². The van der Waals surface area contributed by atoms with E-state index >= 15 is 0 Å². The number of phenols is 1. The predicted octanol–water partition coefficient (Wildman–Crippen LogP) is 2.79. The summed E-state index contributed by atoms with van der Waals surface area (Å²) in [5.74, 6) is -0.707. The molecule has 0 bridgehead atoms. The average molecular weight is 466 g/mol. The first-order chi connectivity index (χ1) is 14.7. The molecule has 2 aromatic carbocycles. The second kappa shape index (κ2) is 8.44. The zero-order valence-corrected chi connectivity index (χ0v) is 18.7. The molecule has 7 nitrogen and oxygen atoms in total. The van der Waals surface area contributed by atoms with Gasteiger partial charge in [-0.3, -0.25) is 4.31 Å². The molecule has 0 amide bonds. The van der Waals surface area contributed by atoms with Crippen LogP contribution >= 0.6 is 0 Å². The summed E-state index contributed by atoms with van der Waals surface area (Å²) in [5.41, 5.74) is 1.21. The van der Waals surface area contributed by atoms with E-state index < -0.39 is 43.5 Å². The Kier molecular flexibility index (Phi) is 6.02. The van der Waals surface area contributed by atoms with Gasteiger partial charge < -0.3 is 10.2 Å². The highest BCUT2D eigenvalue weighted by Gasteiger charge is 2.45. The van der Waals surface area contributed by atoms with E-state index in [1.165, 1.54) is 43.5 Å². The topological polar surface area (TPSA) is 112 Å². The molecule has 2 aromatic rings. The molecule has 2 fully saturated rings. The highest BCUT2D eigenvalue weighted by atomic mass is 32.2. The molecule has 0 aromatic heterocycles. The molecule has 9 heteroatoms. The molecule has 4 rings (SSSR count). The van der Waals surface area contributed by atoms with Gasteiger partial charge in [0.2, 0.25) is 0 Å². The molecule has 1 saturated heterocycles. The van der Waals surface area contributed by atoms with Crippen LogP contribution in [0.5, 0.6) is 5.75 Å². The van der Waals surface area contributed by atoms with E-state index in [0.29, 0.717) is 5.92 Å². The molecule has 1 aliphatic carbocycles. The SMILES string of the molecule is O=S1(=O)C[C@@H](O)[C@H](N(c2cccc(O)c2)S(=O)(=O)c2ccc(C3CCCCC3)cc2)C1. The number of sulfonamides is 1. The molecule has 2 aliphatic rings. The maximum atomic E-state index is 13.6. The minimum Gasteiger partial charge on any atom is -0.508 e. The van der Waals surface area contributed by atoms with E-state index in [2.05, 4.69) is 0 Å². The first-order valence-electron chi connectivity index (χ1n) is 10.5. The zero-order valence-electron chi connectivity index (χ0n) is 17.1. The van der Waals surface area contributed by atoms with Crippen LogP contribution in [0.4, 0.5) is 5.69 Å². The van der Waals surface area contributed by atoms with E-state index in [-0.39, 0.29) is 16.3 Å². The maximum Gasteiger partial charge on any atom is 0.264 e. The Labute approximate surface area is 183 Å². The smallest absolute Gasteiger partial charge is 0.264 e. The molecule has 0 spiro atoms. The van der Waals surface area contributed by atoms with Gasteiger partial charge in [-0.25, -0.2) is 16.8 Å². The summed E-state index contributed by atoms with van der Waals surface area (Å²) < 4.78 is 52.4. The van der Waals surface area contributed by atoms with Crippen LogP contribution < -0.4 is 4.31 Å². The minimum atomic E-state index is -4.19. The van der Waals surface area contributed by atoms with Crippen LogP contribution in [-0.2, 0) is 19.9 Å². The number of benzene rings is 2. The normalized spacial score (nSPS) is 24.2. The van der Waals surface area contributed by atoms with E-state index in [1.807, 2.05) is 12.1 Å². The minimum absolute atomic E-state index is 0.0203. The van der Waals surface area contributed by atoms with Gasteiger partial charge in [0.15, 0.2) is 9.84 Å². The summed E-state index contributed by atoms with van der Waals surface area (Å²) in [5, 5.41) is 20.3. The number of aliphatic hydroxyl groups excluding tert-OH is 1. The van der Waals surface area contributed by atoms with Gasteiger partial charge in [-0.1, -0.05) is 37.5 Å². The van der Waals surface area contributed by atoms with Crippen molar-refractivity contribution in [3.05, 3.63) is 54.1 Å². The zero-order chi connectivity index (χ0) is 22.2. The van der Waals surface area contributed by atoms with Gasteiger partial charge in [0.1, 0.15) is 5.75 Å². The molecule has 31 heavy (non-hydrogen) atoms. The maximum absolute atomic E-state index is 13.6. The van der Waals surface area contributed by atoms with Gasteiger partial charge in [0.25, 0.3) is 10.0 Å². The fraction of sp³-hybridized carbons (Fsp3) is 0.455. The Hall–Kier alpha value is -2.10. The summed E-state index contributed by atoms with van der Waals surface area (Å²) >= 11 is 0. The number of hydrogen-bond acceptors (Lipinski definition) is 6. The third kappa shape index (κ3) is 4.58. The number of sulfone groups is 1. The molecule has 0 radical (unpaired) electrons. The Morgan fingerprint density at radius 2 is 1.61 bits per heavy atom. The van der Waals surface area contributed by atoms with Gasteiger partial charge in [-0.15, -0.1) is 0 Å². The first-order valence-corrected chi connectivity index (χ1v) is 13.8. The average Bonchev–Trinajstić information content (AvgIpc) is 3.00. The molecule has 1 aliphatic heterocycles. The lowest BCUT2D eigenvalue weighted by Crippen LogP contribution is -2.47. The van der Waals surface area contributed by atoms with Crippen LogP contribution in [0.3, 0.4) is 0 Å². The quantitative estimate of drug-likeness (QED) is 0.702. The summed E-state index contributed by atoms with van der Waals surface area (Å²) in [7, 11) is -7.78. The van der Waals surface area contributed by atoms with Gasteiger partial charge in [-0.2, -0.15) is 0 Å². The first kappa shape index (κ1) is 22.1. The number of anilines is 1. The number of nitrogens with zero attached hydrogens (tertiary/aromatic N) is 1. The number of rotatable bonds is 5. The summed E-state index contributed by atoms with van der Waals surface area (Å²) in [6.45, 7) is 0. The summed E-state index contributed by atoms with van der Waals surface area (Å²) in [4.78, 5) is 0.0203. The van der Waals surface area contributed by atoms with E-state index in [1.54, 1.807) is 12.1 Å².